The van der Waals surface area contributed by atoms with Crippen LogP contribution in [0.25, 0.3) is 0 Å². The van der Waals surface area contributed by atoms with Crippen LogP contribution in [-0.2, 0) is 10.8 Å². The van der Waals surface area contributed by atoms with Crippen molar-refractivity contribution in [1.29, 1.82) is 0 Å². The summed E-state index contributed by atoms with van der Waals surface area (Å²) in [5.41, 5.74) is 4.33. The van der Waals surface area contributed by atoms with Crippen LogP contribution >= 0.6 is 0 Å². The molecule has 0 aromatic heterocycles. The molecule has 2 aromatic rings. The van der Waals surface area contributed by atoms with Crippen molar-refractivity contribution in [2.75, 3.05) is 0 Å². The second-order valence-electron chi connectivity index (χ2n) is 7.13. The predicted molar refractivity (Wildman–Crippen MR) is 85.0 cm³/mol. The van der Waals surface area contributed by atoms with Crippen molar-refractivity contribution in [3.8, 4) is 11.5 Å². The van der Waals surface area contributed by atoms with Crippen molar-refractivity contribution in [3.63, 3.8) is 0 Å². The van der Waals surface area contributed by atoms with E-state index in [1.54, 1.807) is 6.07 Å². The van der Waals surface area contributed by atoms with E-state index < -0.39 is 0 Å². The van der Waals surface area contributed by atoms with Gasteiger partial charge in [0, 0.05) is 5.41 Å². The molecule has 1 unspecified atom stereocenters. The third-order valence-electron chi connectivity index (χ3n) is 4.94. The Labute approximate surface area is 126 Å². The smallest absolute Gasteiger partial charge is 0.118 e. The molecule has 0 spiro atoms. The van der Waals surface area contributed by atoms with Crippen molar-refractivity contribution in [2.45, 2.75) is 44.9 Å². The molecule has 21 heavy (non-hydrogen) atoms. The molecule has 2 N–H and O–H groups in total. The molecule has 0 saturated carbocycles. The number of aromatic hydroxyl groups is 2. The molecule has 0 bridgehead atoms. The SMILES string of the molecule is Cc1cc2c(cc1O)C(C)(c1cccc(O)c1)CC2(C)C. The van der Waals surface area contributed by atoms with Crippen LogP contribution in [0.4, 0.5) is 0 Å². The van der Waals surface area contributed by atoms with E-state index in [0.29, 0.717) is 5.75 Å². The first-order valence-electron chi connectivity index (χ1n) is 7.38. The Balaban J connectivity index is 2.26. The molecule has 0 amide bonds. The summed E-state index contributed by atoms with van der Waals surface area (Å²) in [6, 6.07) is 11.5. The molecule has 2 nitrogen and oxygen atoms in total. The molecule has 1 atom stereocenters. The van der Waals surface area contributed by atoms with Gasteiger partial charge in [0.2, 0.25) is 0 Å². The standard InChI is InChI=1S/C19H22O2/c1-12-8-15-16(10-17(12)21)19(4,11-18(15,2)3)13-6-5-7-14(20)9-13/h5-10,20-21H,11H2,1-4H3. The lowest BCUT2D eigenvalue weighted by atomic mass is 9.75. The summed E-state index contributed by atoms with van der Waals surface area (Å²) in [6.07, 6.45) is 0.960. The summed E-state index contributed by atoms with van der Waals surface area (Å²) >= 11 is 0. The quantitative estimate of drug-likeness (QED) is 0.814. The summed E-state index contributed by atoms with van der Waals surface area (Å²) < 4.78 is 0. The van der Waals surface area contributed by atoms with E-state index in [1.165, 1.54) is 11.1 Å². The number of phenolic OH excluding ortho intramolecular Hbond substituents is 2. The molecule has 0 aliphatic heterocycles. The number of aryl methyl sites for hydroxylation is 1. The molecule has 0 radical (unpaired) electrons. The zero-order valence-corrected chi connectivity index (χ0v) is 13.1. The van der Waals surface area contributed by atoms with Gasteiger partial charge in [-0.3, -0.25) is 0 Å². The number of phenols is 2. The summed E-state index contributed by atoms with van der Waals surface area (Å²) in [4.78, 5) is 0. The van der Waals surface area contributed by atoms with Crippen LogP contribution in [0.1, 0.15) is 49.4 Å². The van der Waals surface area contributed by atoms with Crippen LogP contribution in [-0.4, -0.2) is 10.2 Å². The van der Waals surface area contributed by atoms with Crippen molar-refractivity contribution >= 4 is 0 Å². The fourth-order valence-electron chi connectivity index (χ4n) is 3.89. The molecule has 2 aromatic carbocycles. The Bertz CT molecular complexity index is 716. The van der Waals surface area contributed by atoms with Gasteiger partial charge in [0.25, 0.3) is 0 Å². The highest BCUT2D eigenvalue weighted by molar-refractivity contribution is 5.56. The van der Waals surface area contributed by atoms with Crippen LogP contribution < -0.4 is 0 Å². The van der Waals surface area contributed by atoms with E-state index in [2.05, 4.69) is 32.9 Å². The van der Waals surface area contributed by atoms with E-state index in [-0.39, 0.29) is 16.6 Å². The Morgan fingerprint density at radius 3 is 2.33 bits per heavy atom. The lowest BCUT2D eigenvalue weighted by molar-refractivity contribution is 0.420. The molecule has 110 valence electrons. The lowest BCUT2D eigenvalue weighted by Gasteiger charge is -2.28. The minimum absolute atomic E-state index is 0.0496. The maximum absolute atomic E-state index is 10.1. The number of hydrogen-bond donors (Lipinski definition) is 2. The van der Waals surface area contributed by atoms with Crippen LogP contribution in [0.15, 0.2) is 36.4 Å². The minimum Gasteiger partial charge on any atom is -0.508 e. The van der Waals surface area contributed by atoms with E-state index in [4.69, 9.17) is 0 Å². The van der Waals surface area contributed by atoms with E-state index >= 15 is 0 Å². The van der Waals surface area contributed by atoms with Crippen molar-refractivity contribution in [1.82, 2.24) is 0 Å². The fraction of sp³-hybridized carbons (Fsp3) is 0.368. The third-order valence-corrected chi connectivity index (χ3v) is 4.94. The third kappa shape index (κ3) is 2.01. The largest absolute Gasteiger partial charge is 0.508 e. The first kappa shape index (κ1) is 14.0. The molecule has 1 aliphatic carbocycles. The van der Waals surface area contributed by atoms with Gasteiger partial charge in [-0.25, -0.2) is 0 Å². The Hall–Kier alpha value is -1.96. The van der Waals surface area contributed by atoms with Crippen LogP contribution in [0.2, 0.25) is 0 Å². The number of rotatable bonds is 1. The van der Waals surface area contributed by atoms with Gasteiger partial charge in [0.05, 0.1) is 0 Å². The van der Waals surface area contributed by atoms with Crippen LogP contribution in [0.5, 0.6) is 11.5 Å². The van der Waals surface area contributed by atoms with Crippen LogP contribution in [0, 0.1) is 6.92 Å². The van der Waals surface area contributed by atoms with E-state index in [0.717, 1.165) is 17.5 Å². The Morgan fingerprint density at radius 1 is 0.952 bits per heavy atom. The molecule has 1 aliphatic rings. The summed E-state index contributed by atoms with van der Waals surface area (Å²) in [5, 5.41) is 20.0. The molecular formula is C19H22O2. The van der Waals surface area contributed by atoms with E-state index in [1.807, 2.05) is 25.1 Å². The highest BCUT2D eigenvalue weighted by atomic mass is 16.3. The molecule has 3 rings (SSSR count). The number of hydrogen-bond acceptors (Lipinski definition) is 2. The average Bonchev–Trinajstić information content (AvgIpc) is 2.59. The number of fused-ring (bicyclic) bond motifs is 1. The minimum atomic E-state index is -0.192. The predicted octanol–water partition coefficient (Wildman–Crippen LogP) is 4.39. The molecular weight excluding hydrogens is 260 g/mol. The van der Waals surface area contributed by atoms with Crippen molar-refractivity contribution in [2.24, 2.45) is 0 Å². The first-order chi connectivity index (χ1) is 9.74. The van der Waals surface area contributed by atoms with Gasteiger partial charge in [-0.15, -0.1) is 0 Å². The molecule has 2 heteroatoms. The molecule has 0 heterocycles. The lowest BCUT2D eigenvalue weighted by Crippen LogP contribution is -2.23. The fourth-order valence-corrected chi connectivity index (χ4v) is 3.89. The summed E-state index contributed by atoms with van der Waals surface area (Å²) in [7, 11) is 0. The molecule has 0 fully saturated rings. The average molecular weight is 282 g/mol. The van der Waals surface area contributed by atoms with Gasteiger partial charge in [0.15, 0.2) is 0 Å². The normalized spacial score (nSPS) is 23.0. The Morgan fingerprint density at radius 2 is 1.67 bits per heavy atom. The first-order valence-corrected chi connectivity index (χ1v) is 7.38. The van der Waals surface area contributed by atoms with Gasteiger partial charge in [0.1, 0.15) is 11.5 Å². The molecule has 0 saturated heterocycles. The zero-order chi connectivity index (χ0) is 15.4. The summed E-state index contributed by atoms with van der Waals surface area (Å²) in [5.74, 6) is 0.633. The van der Waals surface area contributed by atoms with Gasteiger partial charge in [-0.05, 0) is 59.2 Å². The van der Waals surface area contributed by atoms with Gasteiger partial charge in [-0.2, -0.15) is 0 Å². The second-order valence-corrected chi connectivity index (χ2v) is 7.13. The van der Waals surface area contributed by atoms with Crippen molar-refractivity contribution in [3.05, 3.63) is 58.7 Å². The maximum atomic E-state index is 10.1. The topological polar surface area (TPSA) is 40.5 Å². The van der Waals surface area contributed by atoms with Gasteiger partial charge >= 0.3 is 0 Å². The monoisotopic (exact) mass is 282 g/mol. The van der Waals surface area contributed by atoms with Gasteiger partial charge < -0.3 is 10.2 Å². The van der Waals surface area contributed by atoms with Crippen LogP contribution in [0.3, 0.4) is 0 Å². The number of benzene rings is 2. The maximum Gasteiger partial charge on any atom is 0.118 e. The highest BCUT2D eigenvalue weighted by Crippen LogP contribution is 2.54. The zero-order valence-electron chi connectivity index (χ0n) is 13.1. The van der Waals surface area contributed by atoms with Gasteiger partial charge in [-0.1, -0.05) is 39.0 Å². The second kappa shape index (κ2) is 4.27. The van der Waals surface area contributed by atoms with E-state index in [9.17, 15) is 10.2 Å². The van der Waals surface area contributed by atoms with Crippen molar-refractivity contribution < 1.29 is 10.2 Å². The highest BCUT2D eigenvalue weighted by Gasteiger charge is 2.46. The summed E-state index contributed by atoms with van der Waals surface area (Å²) in [6.45, 7) is 8.63. The Kier molecular flexibility index (Phi) is 2.84.